The topological polar surface area (TPSA) is 46.5 Å². The zero-order valence-electron chi connectivity index (χ0n) is 8.57. The minimum absolute atomic E-state index is 0.0842. The summed E-state index contributed by atoms with van der Waals surface area (Å²) in [7, 11) is 0. The average Bonchev–Trinajstić information content (AvgIpc) is 2.25. The molecule has 0 radical (unpaired) electrons. The highest BCUT2D eigenvalue weighted by atomic mass is 35.5. The lowest BCUT2D eigenvalue weighted by atomic mass is 10.1. The molecule has 16 heavy (non-hydrogen) atoms. The van der Waals surface area contributed by atoms with Gasteiger partial charge in [-0.2, -0.15) is 0 Å². The van der Waals surface area contributed by atoms with Crippen LogP contribution in [-0.4, -0.2) is 17.7 Å². The van der Waals surface area contributed by atoms with Crippen LogP contribution in [0.2, 0.25) is 5.02 Å². The van der Waals surface area contributed by atoms with Gasteiger partial charge in [-0.3, -0.25) is 4.79 Å². The first-order chi connectivity index (χ1) is 7.63. The maximum absolute atomic E-state index is 10.4. The van der Waals surface area contributed by atoms with Crippen molar-refractivity contribution in [1.29, 1.82) is 0 Å². The third-order valence-corrected chi connectivity index (χ3v) is 2.23. The molecule has 0 amide bonds. The van der Waals surface area contributed by atoms with E-state index in [1.54, 1.807) is 18.2 Å². The minimum atomic E-state index is -0.830. The summed E-state index contributed by atoms with van der Waals surface area (Å²) >= 11 is 5.94. The molecule has 1 aromatic carbocycles. The smallest absolute Gasteiger partial charge is 0.303 e. The molecule has 0 saturated carbocycles. The molecule has 0 saturated heterocycles. The van der Waals surface area contributed by atoms with Crippen molar-refractivity contribution >= 4 is 17.6 Å². The number of carboxylic acid groups (broad SMARTS) is 1. The number of carboxylic acids is 1. The van der Waals surface area contributed by atoms with Crippen molar-refractivity contribution in [3.63, 3.8) is 0 Å². The van der Waals surface area contributed by atoms with E-state index in [2.05, 4.69) is 5.92 Å². The maximum atomic E-state index is 10.4. The van der Waals surface area contributed by atoms with Gasteiger partial charge in [0.15, 0.2) is 0 Å². The van der Waals surface area contributed by atoms with Crippen LogP contribution in [0.15, 0.2) is 18.2 Å². The van der Waals surface area contributed by atoms with Gasteiger partial charge in [-0.25, -0.2) is 0 Å². The number of ether oxygens (including phenoxy) is 1. The molecular weight excluding hydrogens is 228 g/mol. The lowest BCUT2D eigenvalue weighted by Gasteiger charge is -2.06. The van der Waals surface area contributed by atoms with Gasteiger partial charge in [-0.1, -0.05) is 23.6 Å². The van der Waals surface area contributed by atoms with E-state index in [9.17, 15) is 4.79 Å². The van der Waals surface area contributed by atoms with Crippen molar-refractivity contribution < 1.29 is 14.6 Å². The Balaban J connectivity index is 2.67. The molecule has 0 unspecified atom stereocenters. The Bertz CT molecular complexity index is 421. The van der Waals surface area contributed by atoms with Gasteiger partial charge in [-0.05, 0) is 24.1 Å². The Morgan fingerprint density at radius 2 is 2.31 bits per heavy atom. The molecule has 0 spiro atoms. The Kier molecular flexibility index (Phi) is 4.68. The lowest BCUT2D eigenvalue weighted by Crippen LogP contribution is -1.98. The van der Waals surface area contributed by atoms with Gasteiger partial charge in [0.1, 0.15) is 12.4 Å². The molecule has 0 atom stereocenters. The highest BCUT2D eigenvalue weighted by Crippen LogP contribution is 2.25. The van der Waals surface area contributed by atoms with Crippen molar-refractivity contribution in [2.45, 2.75) is 12.8 Å². The van der Waals surface area contributed by atoms with Crippen molar-refractivity contribution in [3.05, 3.63) is 28.8 Å². The fourth-order valence-corrected chi connectivity index (χ4v) is 1.45. The van der Waals surface area contributed by atoms with Gasteiger partial charge in [0.2, 0.25) is 0 Å². The Morgan fingerprint density at radius 1 is 1.56 bits per heavy atom. The fourth-order valence-electron chi connectivity index (χ4n) is 1.19. The summed E-state index contributed by atoms with van der Waals surface area (Å²) in [6.07, 6.45) is 5.59. The SMILES string of the molecule is C#CCOc1ccc(CCC(=O)O)cc1Cl. The number of terminal acetylenes is 1. The van der Waals surface area contributed by atoms with Crippen LogP contribution < -0.4 is 4.74 Å². The second-order valence-corrected chi connectivity index (χ2v) is 3.56. The summed E-state index contributed by atoms with van der Waals surface area (Å²) in [4.78, 5) is 10.4. The largest absolute Gasteiger partial charge is 0.481 e. The number of aryl methyl sites for hydroxylation is 1. The van der Waals surface area contributed by atoms with Crippen LogP contribution in [0.5, 0.6) is 5.75 Å². The molecule has 1 N–H and O–H groups in total. The number of aliphatic carboxylic acids is 1. The van der Waals surface area contributed by atoms with E-state index in [0.29, 0.717) is 17.2 Å². The zero-order chi connectivity index (χ0) is 12.0. The van der Waals surface area contributed by atoms with Crippen LogP contribution in [0.25, 0.3) is 0 Å². The second-order valence-electron chi connectivity index (χ2n) is 3.15. The third kappa shape index (κ3) is 3.84. The first kappa shape index (κ1) is 12.4. The van der Waals surface area contributed by atoms with Crippen LogP contribution in [-0.2, 0) is 11.2 Å². The maximum Gasteiger partial charge on any atom is 0.303 e. The summed E-state index contributed by atoms with van der Waals surface area (Å²) in [6.45, 7) is 0.161. The molecule has 0 bridgehead atoms. The van der Waals surface area contributed by atoms with E-state index in [4.69, 9.17) is 27.9 Å². The minimum Gasteiger partial charge on any atom is -0.481 e. The van der Waals surface area contributed by atoms with Gasteiger partial charge < -0.3 is 9.84 Å². The van der Waals surface area contributed by atoms with Gasteiger partial charge in [0.25, 0.3) is 0 Å². The number of carbonyl (C=O) groups is 1. The van der Waals surface area contributed by atoms with Crippen molar-refractivity contribution in [1.82, 2.24) is 0 Å². The monoisotopic (exact) mass is 238 g/mol. The molecule has 84 valence electrons. The number of benzene rings is 1. The second kappa shape index (κ2) is 6.04. The molecule has 0 aromatic heterocycles. The quantitative estimate of drug-likeness (QED) is 0.801. The summed E-state index contributed by atoms with van der Waals surface area (Å²) < 4.78 is 5.18. The molecule has 1 rings (SSSR count). The molecule has 0 heterocycles. The molecule has 0 aliphatic rings. The van der Waals surface area contributed by atoms with Gasteiger partial charge in [-0.15, -0.1) is 6.42 Å². The number of rotatable bonds is 5. The van der Waals surface area contributed by atoms with Crippen LogP contribution in [0.4, 0.5) is 0 Å². The van der Waals surface area contributed by atoms with Crippen LogP contribution in [0, 0.1) is 12.3 Å². The molecule has 0 aliphatic carbocycles. The molecule has 4 heteroatoms. The molecule has 0 fully saturated rings. The van der Waals surface area contributed by atoms with Crippen molar-refractivity contribution in [3.8, 4) is 18.1 Å². The number of halogens is 1. The van der Waals surface area contributed by atoms with Gasteiger partial charge >= 0.3 is 5.97 Å². The molecular formula is C12H11ClO3. The predicted octanol–water partition coefficient (Wildman–Crippen LogP) is 2.37. The summed E-state index contributed by atoms with van der Waals surface area (Å²) in [5.41, 5.74) is 0.862. The normalized spacial score (nSPS) is 9.50. The van der Waals surface area contributed by atoms with Gasteiger partial charge in [0, 0.05) is 6.42 Å². The van der Waals surface area contributed by atoms with E-state index in [1.165, 1.54) is 0 Å². The Hall–Kier alpha value is -1.66. The Labute approximate surface area is 99.0 Å². The van der Waals surface area contributed by atoms with Crippen LogP contribution in [0.3, 0.4) is 0 Å². The van der Waals surface area contributed by atoms with Crippen molar-refractivity contribution in [2.75, 3.05) is 6.61 Å². The zero-order valence-corrected chi connectivity index (χ0v) is 9.33. The summed E-state index contributed by atoms with van der Waals surface area (Å²) in [5, 5.41) is 8.98. The molecule has 1 aromatic rings. The summed E-state index contributed by atoms with van der Waals surface area (Å²) in [5.74, 6) is 2.02. The summed E-state index contributed by atoms with van der Waals surface area (Å²) in [6, 6.07) is 5.16. The van der Waals surface area contributed by atoms with E-state index >= 15 is 0 Å². The highest BCUT2D eigenvalue weighted by molar-refractivity contribution is 6.32. The Morgan fingerprint density at radius 3 is 2.88 bits per heavy atom. The fraction of sp³-hybridized carbons (Fsp3) is 0.250. The molecule has 0 aliphatic heterocycles. The van der Waals surface area contributed by atoms with E-state index in [-0.39, 0.29) is 13.0 Å². The van der Waals surface area contributed by atoms with Crippen molar-refractivity contribution in [2.24, 2.45) is 0 Å². The van der Waals surface area contributed by atoms with E-state index in [0.717, 1.165) is 5.56 Å². The van der Waals surface area contributed by atoms with Gasteiger partial charge in [0.05, 0.1) is 5.02 Å². The lowest BCUT2D eigenvalue weighted by molar-refractivity contribution is -0.136. The van der Waals surface area contributed by atoms with Crippen LogP contribution in [0.1, 0.15) is 12.0 Å². The van der Waals surface area contributed by atoms with Crippen LogP contribution >= 0.6 is 11.6 Å². The predicted molar refractivity (Wildman–Crippen MR) is 61.7 cm³/mol. The number of hydrogen-bond donors (Lipinski definition) is 1. The van der Waals surface area contributed by atoms with E-state index in [1.807, 2.05) is 0 Å². The first-order valence-corrected chi connectivity index (χ1v) is 5.07. The first-order valence-electron chi connectivity index (χ1n) is 4.70. The average molecular weight is 239 g/mol. The number of hydrogen-bond acceptors (Lipinski definition) is 2. The molecule has 3 nitrogen and oxygen atoms in total. The van der Waals surface area contributed by atoms with E-state index < -0.39 is 5.97 Å². The third-order valence-electron chi connectivity index (χ3n) is 1.93. The standard InChI is InChI=1S/C12H11ClO3/c1-2-7-16-11-5-3-9(8-10(11)13)4-6-12(14)15/h1,3,5,8H,4,6-7H2,(H,14,15). The highest BCUT2D eigenvalue weighted by Gasteiger charge is 2.04.